The highest BCUT2D eigenvalue weighted by Gasteiger charge is 2.20. The Kier molecular flexibility index (Phi) is 9.97. The summed E-state index contributed by atoms with van der Waals surface area (Å²) in [4.78, 5) is 4.92. The van der Waals surface area contributed by atoms with Crippen molar-refractivity contribution in [1.82, 2.24) is 9.55 Å². The summed E-state index contributed by atoms with van der Waals surface area (Å²) >= 11 is 0. The number of hydrogen-bond donors (Lipinski definition) is 2. The molecule has 0 fully saturated rings. The zero-order valence-electron chi connectivity index (χ0n) is 35.1. The number of fused-ring (bicyclic) bond motifs is 3. The van der Waals surface area contributed by atoms with Crippen molar-refractivity contribution in [3.63, 3.8) is 0 Å². The van der Waals surface area contributed by atoms with E-state index in [1.807, 2.05) is 24.4 Å². The van der Waals surface area contributed by atoms with E-state index in [1.54, 1.807) is 0 Å². The van der Waals surface area contributed by atoms with E-state index in [-0.39, 0.29) is 10.8 Å². The Balaban J connectivity index is 1.05. The molecule has 0 saturated heterocycles. The number of aromatic nitrogens is 2. The highest BCUT2D eigenvalue weighted by molar-refractivity contribution is 6.10. The van der Waals surface area contributed by atoms with Gasteiger partial charge in [-0.3, -0.25) is 4.57 Å². The van der Waals surface area contributed by atoms with Crippen molar-refractivity contribution in [2.75, 3.05) is 10.6 Å². The van der Waals surface area contributed by atoms with Crippen molar-refractivity contribution in [2.45, 2.75) is 52.4 Å². The monoisotopic (exact) mass is 782 g/mol. The molecule has 0 bridgehead atoms. The van der Waals surface area contributed by atoms with Gasteiger partial charge in [-0.15, -0.1) is 0 Å². The van der Waals surface area contributed by atoms with Crippen LogP contribution >= 0.6 is 0 Å². The first-order valence-electron chi connectivity index (χ1n) is 20.7. The lowest BCUT2D eigenvalue weighted by Gasteiger charge is -2.23. The van der Waals surface area contributed by atoms with E-state index in [0.29, 0.717) is 0 Å². The van der Waals surface area contributed by atoms with Crippen LogP contribution in [0.2, 0.25) is 0 Å². The molecule has 2 heterocycles. The molecule has 9 rings (SSSR count). The van der Waals surface area contributed by atoms with E-state index in [4.69, 9.17) is 9.72 Å². The lowest BCUT2D eigenvalue weighted by molar-refractivity contribution is 0.483. The van der Waals surface area contributed by atoms with Gasteiger partial charge in [-0.2, -0.15) is 0 Å². The Morgan fingerprint density at radius 3 is 1.85 bits per heavy atom. The summed E-state index contributed by atoms with van der Waals surface area (Å²) in [6.07, 6.45) is 1.92. The van der Waals surface area contributed by atoms with E-state index in [1.165, 1.54) is 33.2 Å². The zero-order chi connectivity index (χ0) is 41.4. The third-order valence-electron chi connectivity index (χ3n) is 11.2. The smallest absolute Gasteiger partial charge is 0.137 e. The van der Waals surface area contributed by atoms with E-state index in [2.05, 4.69) is 214 Å². The Morgan fingerprint density at radius 2 is 1.12 bits per heavy atom. The van der Waals surface area contributed by atoms with Crippen LogP contribution in [0, 0.1) is 0 Å². The van der Waals surface area contributed by atoms with E-state index in [9.17, 15) is 0 Å². The van der Waals surface area contributed by atoms with Gasteiger partial charge >= 0.3 is 0 Å². The summed E-state index contributed by atoms with van der Waals surface area (Å²) in [7, 11) is 0. The summed E-state index contributed by atoms with van der Waals surface area (Å²) in [6, 6.07) is 61.7. The number of benzene rings is 7. The maximum Gasteiger partial charge on any atom is 0.137 e. The number of anilines is 4. The van der Waals surface area contributed by atoms with Gasteiger partial charge in [0.1, 0.15) is 17.3 Å². The van der Waals surface area contributed by atoms with E-state index in [0.717, 1.165) is 62.0 Å². The first kappa shape index (κ1) is 38.4. The van der Waals surface area contributed by atoms with Crippen molar-refractivity contribution in [3.8, 4) is 39.6 Å². The van der Waals surface area contributed by atoms with Crippen LogP contribution < -0.4 is 15.4 Å². The molecule has 7 aromatic carbocycles. The predicted octanol–water partition coefficient (Wildman–Crippen LogP) is 15.4. The van der Waals surface area contributed by atoms with Crippen LogP contribution in [0.4, 0.5) is 22.7 Å². The SMILES string of the molecule is CC(C)(C)c1ccnc(-n2c3ccc(-c4ccccc4)cc3c3ccc(Oc4cccc(Nc5ccccc5Nc5cc(C(C)(C)C)ccc5-c5ccccc5)c4)cc32)c1. The fraction of sp³-hybridized carbons (Fsp3) is 0.145. The standard InChI is InChI=1S/C55H50N4O/c1-54(2,3)40-25-27-45(38-18-11-8-12-19-38)50(33-40)58-49-23-14-13-22-48(49)57-42-20-15-21-43(35-42)60-44-26-28-46-47-32-39(37-16-9-7-10-17-37)24-29-51(47)59(52(46)36-44)53-34-41(30-31-56-53)55(4,5)6/h7-36,57-58H,1-6H3. The molecule has 0 aliphatic heterocycles. The van der Waals surface area contributed by atoms with Gasteiger partial charge in [0, 0.05) is 46.0 Å². The van der Waals surface area contributed by atoms with Crippen LogP contribution in [0.1, 0.15) is 52.7 Å². The Bertz CT molecular complexity index is 2970. The Hall–Kier alpha value is -7.11. The number of ether oxygens (including phenoxy) is 1. The summed E-state index contributed by atoms with van der Waals surface area (Å²) in [5.74, 6) is 2.36. The summed E-state index contributed by atoms with van der Waals surface area (Å²) < 4.78 is 8.94. The van der Waals surface area contributed by atoms with Crippen LogP contribution in [-0.4, -0.2) is 9.55 Å². The van der Waals surface area contributed by atoms with Crippen LogP contribution in [0.25, 0.3) is 49.9 Å². The van der Waals surface area contributed by atoms with E-state index < -0.39 is 0 Å². The molecule has 0 saturated carbocycles. The van der Waals surface area contributed by atoms with Gasteiger partial charge in [0.2, 0.25) is 0 Å². The maximum absolute atomic E-state index is 6.67. The first-order chi connectivity index (χ1) is 29.0. The molecule has 2 aromatic heterocycles. The molecule has 0 spiro atoms. The summed E-state index contributed by atoms with van der Waals surface area (Å²) in [5.41, 5.74) is 13.2. The minimum atomic E-state index is -0.0245. The quantitative estimate of drug-likeness (QED) is 0.153. The van der Waals surface area contributed by atoms with Gasteiger partial charge in [-0.05, 0) is 105 Å². The van der Waals surface area contributed by atoms with Crippen molar-refractivity contribution in [1.29, 1.82) is 0 Å². The second kappa shape index (κ2) is 15.6. The second-order valence-electron chi connectivity index (χ2n) is 17.6. The molecule has 0 radical (unpaired) electrons. The molecule has 0 amide bonds. The highest BCUT2D eigenvalue weighted by Crippen LogP contribution is 2.40. The Labute approximate surface area is 353 Å². The van der Waals surface area contributed by atoms with Crippen LogP contribution in [-0.2, 0) is 10.8 Å². The van der Waals surface area contributed by atoms with Gasteiger partial charge in [0.05, 0.1) is 22.4 Å². The molecule has 2 N–H and O–H groups in total. The van der Waals surface area contributed by atoms with Gasteiger partial charge in [-0.25, -0.2) is 4.98 Å². The molecule has 0 atom stereocenters. The number of nitrogens with one attached hydrogen (secondary N) is 2. The molecule has 5 heteroatoms. The van der Waals surface area contributed by atoms with Crippen molar-refractivity contribution < 1.29 is 4.74 Å². The molecule has 9 aromatic rings. The average molecular weight is 783 g/mol. The van der Waals surface area contributed by atoms with Gasteiger partial charge < -0.3 is 15.4 Å². The molecular weight excluding hydrogens is 733 g/mol. The third-order valence-corrected chi connectivity index (χ3v) is 11.2. The number of hydrogen-bond acceptors (Lipinski definition) is 4. The predicted molar refractivity (Wildman–Crippen MR) is 253 cm³/mol. The molecule has 60 heavy (non-hydrogen) atoms. The minimum Gasteiger partial charge on any atom is -0.457 e. The van der Waals surface area contributed by atoms with Gasteiger partial charge in [0.15, 0.2) is 0 Å². The number of para-hydroxylation sites is 2. The van der Waals surface area contributed by atoms with Gasteiger partial charge in [0.25, 0.3) is 0 Å². The first-order valence-corrected chi connectivity index (χ1v) is 20.7. The third kappa shape index (κ3) is 7.87. The van der Waals surface area contributed by atoms with Crippen LogP contribution in [0.3, 0.4) is 0 Å². The normalized spacial score (nSPS) is 11.8. The number of pyridine rings is 1. The minimum absolute atomic E-state index is 0.00504. The summed E-state index contributed by atoms with van der Waals surface area (Å²) in [5, 5.41) is 9.79. The van der Waals surface area contributed by atoms with Crippen molar-refractivity contribution in [3.05, 3.63) is 193 Å². The molecule has 296 valence electrons. The molecule has 5 nitrogen and oxygen atoms in total. The summed E-state index contributed by atoms with van der Waals surface area (Å²) in [6.45, 7) is 13.5. The molecule has 0 aliphatic rings. The molecular formula is C55H50N4O. The lowest BCUT2D eigenvalue weighted by Crippen LogP contribution is -2.12. The van der Waals surface area contributed by atoms with E-state index >= 15 is 0 Å². The maximum atomic E-state index is 6.67. The van der Waals surface area contributed by atoms with Crippen molar-refractivity contribution in [2.24, 2.45) is 0 Å². The van der Waals surface area contributed by atoms with Crippen molar-refractivity contribution >= 4 is 44.6 Å². The molecule has 0 unspecified atom stereocenters. The van der Waals surface area contributed by atoms with Gasteiger partial charge in [-0.1, -0.05) is 139 Å². The lowest BCUT2D eigenvalue weighted by atomic mass is 9.85. The second-order valence-corrected chi connectivity index (χ2v) is 17.6. The average Bonchev–Trinajstić information content (AvgIpc) is 3.57. The fourth-order valence-electron chi connectivity index (χ4n) is 7.89. The van der Waals surface area contributed by atoms with Crippen LogP contribution in [0.5, 0.6) is 11.5 Å². The number of rotatable bonds is 9. The fourth-order valence-corrected chi connectivity index (χ4v) is 7.89. The largest absolute Gasteiger partial charge is 0.457 e. The molecule has 0 aliphatic carbocycles. The zero-order valence-corrected chi connectivity index (χ0v) is 35.1. The highest BCUT2D eigenvalue weighted by atomic mass is 16.5. The Morgan fingerprint density at radius 1 is 0.450 bits per heavy atom. The van der Waals surface area contributed by atoms with Crippen LogP contribution in [0.15, 0.2) is 182 Å². The number of nitrogens with zero attached hydrogens (tertiary/aromatic N) is 2. The topological polar surface area (TPSA) is 51.1 Å².